The van der Waals surface area contributed by atoms with Gasteiger partial charge in [-0.3, -0.25) is 14.4 Å². The number of hydrogen-bond donors (Lipinski definition) is 3. The van der Waals surface area contributed by atoms with Crippen molar-refractivity contribution in [1.29, 1.82) is 0 Å². The first-order valence-electron chi connectivity index (χ1n) is 9.31. The van der Waals surface area contributed by atoms with Crippen LogP contribution in [0.15, 0.2) is 0 Å². The molecule has 1 unspecified atom stereocenters. The number of ether oxygens (including phenoxy) is 1. The summed E-state index contributed by atoms with van der Waals surface area (Å²) in [5.41, 5.74) is -0.972. The summed E-state index contributed by atoms with van der Waals surface area (Å²) in [6, 6.07) is -0.665. The summed E-state index contributed by atoms with van der Waals surface area (Å²) >= 11 is 0. The van der Waals surface area contributed by atoms with Crippen LogP contribution in [-0.2, 0) is 19.1 Å². The number of rotatable bonds is 7. The number of nitrogens with one attached hydrogen (secondary N) is 2. The lowest BCUT2D eigenvalue weighted by atomic mass is 9.80. The molecule has 3 N–H and O–H groups in total. The molecule has 0 spiro atoms. The van der Waals surface area contributed by atoms with Crippen LogP contribution in [0, 0.1) is 11.3 Å². The minimum atomic E-state index is -0.972. The SMILES string of the molecule is CC(NC(=O)CC1CCCCC1)C(=O)NCC1(C(=O)O)CCOCC1. The fraction of sp³-hybridized carbons (Fsp3) is 0.833. The fourth-order valence-electron chi connectivity index (χ4n) is 3.66. The summed E-state index contributed by atoms with van der Waals surface area (Å²) < 4.78 is 5.22. The number of carbonyl (C=O) groups excluding carboxylic acids is 2. The Labute approximate surface area is 148 Å². The van der Waals surface area contributed by atoms with Crippen LogP contribution in [0.1, 0.15) is 58.3 Å². The molecule has 2 fully saturated rings. The predicted octanol–water partition coefficient (Wildman–Crippen LogP) is 1.46. The van der Waals surface area contributed by atoms with Gasteiger partial charge in [0, 0.05) is 26.2 Å². The lowest BCUT2D eigenvalue weighted by Gasteiger charge is -2.33. The van der Waals surface area contributed by atoms with Gasteiger partial charge >= 0.3 is 5.97 Å². The highest BCUT2D eigenvalue weighted by Crippen LogP contribution is 2.30. The summed E-state index contributed by atoms with van der Waals surface area (Å²) in [4.78, 5) is 35.9. The molecule has 7 heteroatoms. The van der Waals surface area contributed by atoms with E-state index in [0.29, 0.717) is 38.4 Å². The van der Waals surface area contributed by atoms with Crippen molar-refractivity contribution >= 4 is 17.8 Å². The van der Waals surface area contributed by atoms with Gasteiger partial charge in [-0.2, -0.15) is 0 Å². The van der Waals surface area contributed by atoms with Crippen LogP contribution in [0.3, 0.4) is 0 Å². The van der Waals surface area contributed by atoms with E-state index in [2.05, 4.69) is 10.6 Å². The summed E-state index contributed by atoms with van der Waals surface area (Å²) in [6.07, 6.45) is 6.98. The molecule has 2 amide bonds. The smallest absolute Gasteiger partial charge is 0.311 e. The second-order valence-electron chi connectivity index (χ2n) is 7.41. The van der Waals surface area contributed by atoms with Crippen molar-refractivity contribution < 1.29 is 24.2 Å². The maximum atomic E-state index is 12.2. The molecule has 1 heterocycles. The molecule has 142 valence electrons. The number of carboxylic acids is 1. The van der Waals surface area contributed by atoms with E-state index in [-0.39, 0.29) is 18.4 Å². The zero-order valence-electron chi connectivity index (χ0n) is 15.0. The van der Waals surface area contributed by atoms with Crippen LogP contribution in [0.4, 0.5) is 0 Å². The third kappa shape index (κ3) is 5.70. The van der Waals surface area contributed by atoms with E-state index in [9.17, 15) is 19.5 Å². The Hall–Kier alpha value is -1.63. The number of carbonyl (C=O) groups is 3. The molecule has 7 nitrogen and oxygen atoms in total. The van der Waals surface area contributed by atoms with Gasteiger partial charge in [0.15, 0.2) is 0 Å². The van der Waals surface area contributed by atoms with Crippen molar-refractivity contribution in [3.63, 3.8) is 0 Å². The Kier molecular flexibility index (Phi) is 7.23. The minimum absolute atomic E-state index is 0.0629. The zero-order valence-corrected chi connectivity index (χ0v) is 15.0. The predicted molar refractivity (Wildman–Crippen MR) is 91.9 cm³/mol. The Morgan fingerprint density at radius 3 is 2.40 bits per heavy atom. The molecule has 0 radical (unpaired) electrons. The summed E-state index contributed by atoms with van der Waals surface area (Å²) in [5, 5.41) is 14.9. The molecular formula is C18H30N2O5. The molecule has 0 aromatic heterocycles. The van der Waals surface area contributed by atoms with Crippen LogP contribution >= 0.6 is 0 Å². The lowest BCUT2D eigenvalue weighted by Crippen LogP contribution is -2.51. The average molecular weight is 354 g/mol. The molecule has 2 aliphatic rings. The van der Waals surface area contributed by atoms with Crippen molar-refractivity contribution in [2.24, 2.45) is 11.3 Å². The van der Waals surface area contributed by atoms with Gasteiger partial charge in [-0.15, -0.1) is 0 Å². The molecule has 0 aromatic carbocycles. The van der Waals surface area contributed by atoms with Crippen LogP contribution in [-0.4, -0.2) is 48.7 Å². The summed E-state index contributed by atoms with van der Waals surface area (Å²) in [7, 11) is 0. The maximum Gasteiger partial charge on any atom is 0.311 e. The molecule has 2 rings (SSSR count). The third-order valence-corrected chi connectivity index (χ3v) is 5.47. The van der Waals surface area contributed by atoms with Gasteiger partial charge in [-0.25, -0.2) is 0 Å². The number of carboxylic acid groups (broad SMARTS) is 1. The molecule has 0 aromatic rings. The van der Waals surface area contributed by atoms with Gasteiger partial charge < -0.3 is 20.5 Å². The molecule has 1 aliphatic heterocycles. The highest BCUT2D eigenvalue weighted by molar-refractivity contribution is 5.87. The van der Waals surface area contributed by atoms with E-state index in [1.807, 2.05) is 0 Å². The second-order valence-corrected chi connectivity index (χ2v) is 7.41. The van der Waals surface area contributed by atoms with Gasteiger partial charge in [-0.05, 0) is 38.5 Å². The van der Waals surface area contributed by atoms with Gasteiger partial charge in [0.2, 0.25) is 11.8 Å². The molecule has 1 atom stereocenters. The molecular weight excluding hydrogens is 324 g/mol. The van der Waals surface area contributed by atoms with E-state index >= 15 is 0 Å². The van der Waals surface area contributed by atoms with E-state index in [0.717, 1.165) is 12.8 Å². The van der Waals surface area contributed by atoms with Gasteiger partial charge in [0.25, 0.3) is 0 Å². The lowest BCUT2D eigenvalue weighted by molar-refractivity contribution is -0.154. The van der Waals surface area contributed by atoms with Crippen molar-refractivity contribution in [2.45, 2.75) is 64.3 Å². The number of hydrogen-bond acceptors (Lipinski definition) is 4. The number of aliphatic carboxylic acids is 1. The van der Waals surface area contributed by atoms with E-state index < -0.39 is 17.4 Å². The quantitative estimate of drug-likeness (QED) is 0.642. The molecule has 1 saturated carbocycles. The maximum absolute atomic E-state index is 12.2. The van der Waals surface area contributed by atoms with Crippen LogP contribution in [0.5, 0.6) is 0 Å². The first-order chi connectivity index (χ1) is 11.9. The summed E-state index contributed by atoms with van der Waals surface area (Å²) in [5.74, 6) is -0.940. The standard InChI is InChI=1S/C18H30N2O5/c1-13(20-15(21)11-14-5-3-2-4-6-14)16(22)19-12-18(17(23)24)7-9-25-10-8-18/h13-14H,2-12H2,1H3,(H,19,22)(H,20,21)(H,23,24). The Bertz CT molecular complexity index is 482. The normalized spacial score (nSPS) is 22.0. The van der Waals surface area contributed by atoms with Crippen LogP contribution in [0.25, 0.3) is 0 Å². The molecule has 1 aliphatic carbocycles. The topological polar surface area (TPSA) is 105 Å². The molecule has 0 bridgehead atoms. The van der Waals surface area contributed by atoms with E-state index in [1.54, 1.807) is 6.92 Å². The zero-order chi connectivity index (χ0) is 18.3. The van der Waals surface area contributed by atoms with Crippen molar-refractivity contribution in [3.8, 4) is 0 Å². The van der Waals surface area contributed by atoms with Gasteiger partial charge in [-0.1, -0.05) is 19.3 Å². The Morgan fingerprint density at radius 2 is 1.80 bits per heavy atom. The summed E-state index contributed by atoms with van der Waals surface area (Å²) in [6.45, 7) is 2.46. The van der Waals surface area contributed by atoms with Crippen molar-refractivity contribution in [2.75, 3.05) is 19.8 Å². The van der Waals surface area contributed by atoms with Crippen molar-refractivity contribution in [3.05, 3.63) is 0 Å². The second kappa shape index (κ2) is 9.17. The van der Waals surface area contributed by atoms with Crippen molar-refractivity contribution in [1.82, 2.24) is 10.6 Å². The molecule has 1 saturated heterocycles. The first kappa shape index (κ1) is 19.7. The van der Waals surface area contributed by atoms with E-state index in [1.165, 1.54) is 19.3 Å². The van der Waals surface area contributed by atoms with Gasteiger partial charge in [0.05, 0.1) is 5.41 Å². The van der Waals surface area contributed by atoms with Crippen LogP contribution in [0.2, 0.25) is 0 Å². The molecule has 25 heavy (non-hydrogen) atoms. The Balaban J connectivity index is 1.76. The first-order valence-corrected chi connectivity index (χ1v) is 9.31. The number of amides is 2. The monoisotopic (exact) mass is 354 g/mol. The average Bonchev–Trinajstić information content (AvgIpc) is 2.61. The van der Waals surface area contributed by atoms with E-state index in [4.69, 9.17) is 4.74 Å². The Morgan fingerprint density at radius 1 is 1.16 bits per heavy atom. The van der Waals surface area contributed by atoms with Crippen LogP contribution < -0.4 is 10.6 Å². The highest BCUT2D eigenvalue weighted by atomic mass is 16.5. The minimum Gasteiger partial charge on any atom is -0.481 e. The van der Waals surface area contributed by atoms with Gasteiger partial charge in [0.1, 0.15) is 6.04 Å². The third-order valence-electron chi connectivity index (χ3n) is 5.47. The fourth-order valence-corrected chi connectivity index (χ4v) is 3.66. The largest absolute Gasteiger partial charge is 0.481 e. The highest BCUT2D eigenvalue weighted by Gasteiger charge is 2.40.